The van der Waals surface area contributed by atoms with Crippen molar-refractivity contribution in [1.29, 1.82) is 0 Å². The van der Waals surface area contributed by atoms with Crippen LogP contribution in [0.5, 0.6) is 0 Å². The van der Waals surface area contributed by atoms with Crippen molar-refractivity contribution in [3.63, 3.8) is 0 Å². The van der Waals surface area contributed by atoms with Gasteiger partial charge in [0.15, 0.2) is 0 Å². The van der Waals surface area contributed by atoms with Gasteiger partial charge in [-0.2, -0.15) is 4.98 Å². The van der Waals surface area contributed by atoms with Crippen LogP contribution in [0.4, 0.5) is 0 Å². The lowest BCUT2D eigenvalue weighted by molar-refractivity contribution is -0.129. The molecule has 5 nitrogen and oxygen atoms in total. The second kappa shape index (κ2) is 7.98. The molecular formula is C19H19N3O2S. The highest BCUT2D eigenvalue weighted by Gasteiger charge is 2.21. The summed E-state index contributed by atoms with van der Waals surface area (Å²) in [6.07, 6.45) is 0. The fraction of sp³-hybridized carbons (Fsp3) is 0.211. The normalized spacial score (nSPS) is 11.9. The van der Waals surface area contributed by atoms with Gasteiger partial charge < -0.3 is 9.42 Å². The Kier molecular flexibility index (Phi) is 5.50. The highest BCUT2D eigenvalue weighted by atomic mass is 32.2. The summed E-state index contributed by atoms with van der Waals surface area (Å²) in [6.45, 7) is 2.19. The molecule has 6 heteroatoms. The molecule has 128 valence electrons. The summed E-state index contributed by atoms with van der Waals surface area (Å²) in [5.41, 5.74) is 0.888. The quantitative estimate of drug-likeness (QED) is 0.630. The molecule has 3 aromatic rings. The van der Waals surface area contributed by atoms with Crippen LogP contribution in [0.15, 0.2) is 70.1 Å². The third-order valence-electron chi connectivity index (χ3n) is 3.65. The molecule has 0 bridgehead atoms. The summed E-state index contributed by atoms with van der Waals surface area (Å²) in [5, 5.41) is 3.79. The van der Waals surface area contributed by atoms with Crippen LogP contribution in [-0.2, 0) is 11.3 Å². The standard InChI is InChI=1S/C19H19N3O2S/c1-14(25-16-11-7-4-8-12-16)19(23)22(2)13-17-20-18(21-24-17)15-9-5-3-6-10-15/h3-12,14H,13H2,1-2H3/t14-/m0/s1. The second-order valence-electron chi connectivity index (χ2n) is 5.65. The van der Waals surface area contributed by atoms with E-state index in [1.165, 1.54) is 11.8 Å². The number of carbonyl (C=O) groups excluding carboxylic acids is 1. The molecule has 0 radical (unpaired) electrons. The van der Waals surface area contributed by atoms with Crippen molar-refractivity contribution in [2.45, 2.75) is 23.6 Å². The van der Waals surface area contributed by atoms with Gasteiger partial charge in [-0.1, -0.05) is 53.7 Å². The molecule has 3 rings (SSSR count). The molecule has 0 aliphatic carbocycles. The molecule has 0 spiro atoms. The zero-order valence-electron chi connectivity index (χ0n) is 14.1. The van der Waals surface area contributed by atoms with Crippen LogP contribution in [0.2, 0.25) is 0 Å². The summed E-state index contributed by atoms with van der Waals surface area (Å²) >= 11 is 1.53. The molecule has 0 fully saturated rings. The average Bonchev–Trinajstić information content (AvgIpc) is 3.11. The Balaban J connectivity index is 1.61. The summed E-state index contributed by atoms with van der Waals surface area (Å²) in [6, 6.07) is 19.5. The number of benzene rings is 2. The summed E-state index contributed by atoms with van der Waals surface area (Å²) < 4.78 is 5.28. The zero-order chi connectivity index (χ0) is 17.6. The van der Waals surface area contributed by atoms with Gasteiger partial charge in [-0.05, 0) is 19.1 Å². The van der Waals surface area contributed by atoms with E-state index in [-0.39, 0.29) is 11.2 Å². The van der Waals surface area contributed by atoms with Crippen LogP contribution in [0, 0.1) is 0 Å². The number of hydrogen-bond acceptors (Lipinski definition) is 5. The Morgan fingerprint density at radius 3 is 2.44 bits per heavy atom. The Hall–Kier alpha value is -2.60. The number of nitrogens with zero attached hydrogens (tertiary/aromatic N) is 3. The number of amides is 1. The number of thioether (sulfide) groups is 1. The molecule has 2 aromatic carbocycles. The van der Waals surface area contributed by atoms with Crippen LogP contribution in [0.3, 0.4) is 0 Å². The van der Waals surface area contributed by atoms with Crippen LogP contribution in [0.25, 0.3) is 11.4 Å². The molecule has 0 unspecified atom stereocenters. The minimum Gasteiger partial charge on any atom is -0.337 e. The van der Waals surface area contributed by atoms with Gasteiger partial charge in [0.25, 0.3) is 0 Å². The molecule has 1 amide bonds. The fourth-order valence-corrected chi connectivity index (χ4v) is 3.37. The molecular weight excluding hydrogens is 334 g/mol. The third-order valence-corrected chi connectivity index (χ3v) is 4.75. The summed E-state index contributed by atoms with van der Waals surface area (Å²) in [7, 11) is 1.75. The number of aromatic nitrogens is 2. The van der Waals surface area contributed by atoms with E-state index in [1.54, 1.807) is 11.9 Å². The van der Waals surface area contributed by atoms with Crippen LogP contribution >= 0.6 is 11.8 Å². The first-order chi connectivity index (χ1) is 12.1. The summed E-state index contributed by atoms with van der Waals surface area (Å²) in [4.78, 5) is 19.6. The predicted molar refractivity (Wildman–Crippen MR) is 98.0 cm³/mol. The lowest BCUT2D eigenvalue weighted by Gasteiger charge is -2.19. The van der Waals surface area contributed by atoms with Gasteiger partial charge in [0.05, 0.1) is 11.8 Å². The topological polar surface area (TPSA) is 59.2 Å². The Morgan fingerprint density at radius 2 is 1.76 bits per heavy atom. The maximum atomic E-state index is 12.5. The lowest BCUT2D eigenvalue weighted by Crippen LogP contribution is -2.32. The van der Waals surface area contributed by atoms with E-state index in [0.717, 1.165) is 10.5 Å². The molecule has 1 aromatic heterocycles. The molecule has 0 N–H and O–H groups in total. The summed E-state index contributed by atoms with van der Waals surface area (Å²) in [5.74, 6) is 0.975. The van der Waals surface area contributed by atoms with Crippen molar-refractivity contribution in [3.05, 3.63) is 66.6 Å². The maximum Gasteiger partial charge on any atom is 0.246 e. The SMILES string of the molecule is C[C@H](Sc1ccccc1)C(=O)N(C)Cc1nc(-c2ccccc2)no1. The smallest absolute Gasteiger partial charge is 0.246 e. The fourth-order valence-electron chi connectivity index (χ4n) is 2.37. The molecule has 1 heterocycles. The highest BCUT2D eigenvalue weighted by Crippen LogP contribution is 2.24. The van der Waals surface area contributed by atoms with E-state index in [9.17, 15) is 4.79 Å². The monoisotopic (exact) mass is 353 g/mol. The van der Waals surface area contributed by atoms with E-state index < -0.39 is 0 Å². The first-order valence-electron chi connectivity index (χ1n) is 7.98. The first-order valence-corrected chi connectivity index (χ1v) is 8.86. The predicted octanol–water partition coefficient (Wildman–Crippen LogP) is 3.88. The largest absolute Gasteiger partial charge is 0.337 e. The van der Waals surface area contributed by atoms with Gasteiger partial charge in [-0.3, -0.25) is 4.79 Å². The van der Waals surface area contributed by atoms with Gasteiger partial charge in [-0.15, -0.1) is 11.8 Å². The van der Waals surface area contributed by atoms with Gasteiger partial charge in [0.1, 0.15) is 0 Å². The minimum absolute atomic E-state index is 0.0216. The molecule has 1 atom stereocenters. The van der Waals surface area contributed by atoms with Crippen LogP contribution in [-0.4, -0.2) is 33.2 Å². The average molecular weight is 353 g/mol. The zero-order valence-corrected chi connectivity index (χ0v) is 14.9. The Morgan fingerprint density at radius 1 is 1.12 bits per heavy atom. The lowest BCUT2D eigenvalue weighted by atomic mass is 10.2. The van der Waals surface area contributed by atoms with Crippen molar-refractivity contribution >= 4 is 17.7 Å². The van der Waals surface area contributed by atoms with E-state index in [0.29, 0.717) is 18.3 Å². The highest BCUT2D eigenvalue weighted by molar-refractivity contribution is 8.00. The molecule has 25 heavy (non-hydrogen) atoms. The third kappa shape index (κ3) is 4.48. The maximum absolute atomic E-state index is 12.5. The number of hydrogen-bond donors (Lipinski definition) is 0. The molecule has 0 aliphatic heterocycles. The van der Waals surface area contributed by atoms with Gasteiger partial charge in [0.2, 0.25) is 17.6 Å². The van der Waals surface area contributed by atoms with Gasteiger partial charge >= 0.3 is 0 Å². The second-order valence-corrected chi connectivity index (χ2v) is 7.06. The van der Waals surface area contributed by atoms with Gasteiger partial charge in [-0.25, -0.2) is 0 Å². The minimum atomic E-state index is -0.191. The first kappa shape index (κ1) is 17.2. The molecule has 0 saturated heterocycles. The van der Waals surface area contributed by atoms with E-state index >= 15 is 0 Å². The van der Waals surface area contributed by atoms with Crippen LogP contribution < -0.4 is 0 Å². The van der Waals surface area contributed by atoms with Crippen molar-refractivity contribution in [2.24, 2.45) is 0 Å². The van der Waals surface area contributed by atoms with Crippen molar-refractivity contribution < 1.29 is 9.32 Å². The number of rotatable bonds is 6. The Labute approximate surface area is 151 Å². The van der Waals surface area contributed by atoms with Crippen LogP contribution in [0.1, 0.15) is 12.8 Å². The number of carbonyl (C=O) groups is 1. The molecule has 0 saturated carbocycles. The Bertz CT molecular complexity index is 821. The molecule has 0 aliphatic rings. The van der Waals surface area contributed by atoms with Crippen molar-refractivity contribution in [2.75, 3.05) is 7.05 Å². The van der Waals surface area contributed by atoms with Crippen molar-refractivity contribution in [3.8, 4) is 11.4 Å². The van der Waals surface area contributed by atoms with E-state index in [4.69, 9.17) is 4.52 Å². The van der Waals surface area contributed by atoms with E-state index in [1.807, 2.05) is 67.6 Å². The van der Waals surface area contributed by atoms with Crippen molar-refractivity contribution in [1.82, 2.24) is 15.0 Å². The van der Waals surface area contributed by atoms with Gasteiger partial charge in [0, 0.05) is 17.5 Å². The van der Waals surface area contributed by atoms with E-state index in [2.05, 4.69) is 10.1 Å².